The van der Waals surface area contributed by atoms with Gasteiger partial charge in [0.05, 0.1) is 10.4 Å². The van der Waals surface area contributed by atoms with Gasteiger partial charge in [-0.15, -0.1) is 11.3 Å². The molecule has 0 N–H and O–H groups in total. The molecule has 1 aromatic rings. The number of likely N-dealkylation sites (tertiary alicyclic amines) is 1. The summed E-state index contributed by atoms with van der Waals surface area (Å²) in [7, 11) is 0. The highest BCUT2D eigenvalue weighted by Gasteiger charge is 2.35. The van der Waals surface area contributed by atoms with Crippen molar-refractivity contribution < 1.29 is 4.79 Å². The average Bonchev–Trinajstić information content (AvgIpc) is 2.82. The molecule has 3 heteroatoms. The van der Waals surface area contributed by atoms with E-state index in [2.05, 4.69) is 18.7 Å². The monoisotopic (exact) mass is 237 g/mol. The van der Waals surface area contributed by atoms with E-state index in [0.29, 0.717) is 0 Å². The van der Waals surface area contributed by atoms with Crippen molar-refractivity contribution in [1.82, 2.24) is 4.90 Å². The Morgan fingerprint density at radius 1 is 1.31 bits per heavy atom. The largest absolute Gasteiger partial charge is 0.291 e. The first-order valence-corrected chi connectivity index (χ1v) is 6.84. The maximum Gasteiger partial charge on any atom is 0.192 e. The lowest BCUT2D eigenvalue weighted by Gasteiger charge is -2.39. The predicted molar refractivity (Wildman–Crippen MR) is 68.2 cm³/mol. The van der Waals surface area contributed by atoms with Gasteiger partial charge in [0.1, 0.15) is 0 Å². The Hall–Kier alpha value is -0.670. The summed E-state index contributed by atoms with van der Waals surface area (Å²) in [5, 5.41) is 1.97. The summed E-state index contributed by atoms with van der Waals surface area (Å²) < 4.78 is 0. The van der Waals surface area contributed by atoms with Crippen LogP contribution in [0.15, 0.2) is 17.5 Å². The second kappa shape index (κ2) is 4.68. The molecule has 16 heavy (non-hydrogen) atoms. The van der Waals surface area contributed by atoms with E-state index in [1.807, 2.05) is 17.5 Å². The van der Waals surface area contributed by atoms with Gasteiger partial charge in [-0.1, -0.05) is 12.5 Å². The van der Waals surface area contributed by atoms with Gasteiger partial charge in [-0.2, -0.15) is 0 Å². The summed E-state index contributed by atoms with van der Waals surface area (Å²) in [5.74, 6) is 0.268. The molecule has 88 valence electrons. The Kier molecular flexibility index (Phi) is 3.45. The lowest BCUT2D eigenvalue weighted by atomic mass is 9.93. The second-order valence-electron chi connectivity index (χ2n) is 4.91. The number of ketones is 1. The number of thiophene rings is 1. The topological polar surface area (TPSA) is 20.3 Å². The third-order valence-corrected chi connectivity index (χ3v) is 4.32. The van der Waals surface area contributed by atoms with Crippen LogP contribution in [0.4, 0.5) is 0 Å². The zero-order valence-electron chi connectivity index (χ0n) is 10.0. The molecular formula is C13H19NOS. The second-order valence-corrected chi connectivity index (χ2v) is 5.86. The van der Waals surface area contributed by atoms with Gasteiger partial charge in [0.2, 0.25) is 0 Å². The maximum atomic E-state index is 12.4. The molecule has 0 aromatic carbocycles. The molecule has 1 saturated heterocycles. The molecular weight excluding hydrogens is 218 g/mol. The Balaban J connectivity index is 2.14. The van der Waals surface area contributed by atoms with E-state index in [1.165, 1.54) is 19.3 Å². The molecule has 1 fully saturated rings. The Labute approximate surface area is 101 Å². The fraction of sp³-hybridized carbons (Fsp3) is 0.615. The van der Waals surface area contributed by atoms with E-state index < -0.39 is 0 Å². The number of nitrogens with zero attached hydrogens (tertiary/aromatic N) is 1. The van der Waals surface area contributed by atoms with E-state index >= 15 is 0 Å². The van der Waals surface area contributed by atoms with Crippen molar-refractivity contribution >= 4 is 17.1 Å². The van der Waals surface area contributed by atoms with E-state index in [9.17, 15) is 4.79 Å². The summed E-state index contributed by atoms with van der Waals surface area (Å²) in [4.78, 5) is 15.6. The summed E-state index contributed by atoms with van der Waals surface area (Å²) in [6.45, 7) is 6.23. The molecule has 1 aromatic heterocycles. The highest BCUT2D eigenvalue weighted by Crippen LogP contribution is 2.26. The number of piperidine rings is 1. The Morgan fingerprint density at radius 2 is 2.00 bits per heavy atom. The predicted octanol–water partition coefficient (Wildman–Crippen LogP) is 3.20. The molecule has 0 aliphatic carbocycles. The minimum atomic E-state index is -0.342. The third-order valence-electron chi connectivity index (χ3n) is 3.45. The van der Waals surface area contributed by atoms with Gasteiger partial charge in [-0.25, -0.2) is 0 Å². The van der Waals surface area contributed by atoms with Gasteiger partial charge in [0, 0.05) is 0 Å². The smallest absolute Gasteiger partial charge is 0.192 e. The molecule has 2 rings (SSSR count). The van der Waals surface area contributed by atoms with Crippen LogP contribution in [-0.2, 0) is 0 Å². The van der Waals surface area contributed by atoms with Crippen molar-refractivity contribution in [3.8, 4) is 0 Å². The average molecular weight is 237 g/mol. The number of carbonyl (C=O) groups is 1. The molecule has 0 atom stereocenters. The van der Waals surface area contributed by atoms with Crippen LogP contribution in [0.3, 0.4) is 0 Å². The molecule has 0 amide bonds. The number of rotatable bonds is 3. The van der Waals surface area contributed by atoms with Gasteiger partial charge in [-0.3, -0.25) is 9.69 Å². The molecule has 0 unspecified atom stereocenters. The lowest BCUT2D eigenvalue weighted by Crippen LogP contribution is -2.51. The van der Waals surface area contributed by atoms with Crippen LogP contribution in [0.25, 0.3) is 0 Å². The number of carbonyl (C=O) groups excluding carboxylic acids is 1. The van der Waals surface area contributed by atoms with Crippen LogP contribution in [0.5, 0.6) is 0 Å². The zero-order valence-corrected chi connectivity index (χ0v) is 10.8. The first-order valence-electron chi connectivity index (χ1n) is 5.96. The minimum Gasteiger partial charge on any atom is -0.291 e. The third kappa shape index (κ3) is 2.20. The van der Waals surface area contributed by atoms with Crippen LogP contribution >= 0.6 is 11.3 Å². The summed E-state index contributed by atoms with van der Waals surface area (Å²) in [6, 6.07) is 3.88. The van der Waals surface area contributed by atoms with E-state index in [4.69, 9.17) is 0 Å². The molecule has 1 aliphatic heterocycles. The fourth-order valence-corrected chi connectivity index (χ4v) is 3.12. The van der Waals surface area contributed by atoms with Crippen molar-refractivity contribution in [1.29, 1.82) is 0 Å². The quantitative estimate of drug-likeness (QED) is 0.752. The summed E-state index contributed by atoms with van der Waals surface area (Å²) in [5.41, 5.74) is -0.342. The van der Waals surface area contributed by atoms with Crippen molar-refractivity contribution in [2.75, 3.05) is 13.1 Å². The number of hydrogen-bond acceptors (Lipinski definition) is 3. The molecule has 2 nitrogen and oxygen atoms in total. The molecule has 0 saturated carbocycles. The first kappa shape index (κ1) is 11.8. The van der Waals surface area contributed by atoms with Gasteiger partial charge < -0.3 is 0 Å². The molecule has 2 heterocycles. The van der Waals surface area contributed by atoms with Gasteiger partial charge in [0.15, 0.2) is 5.78 Å². The highest BCUT2D eigenvalue weighted by molar-refractivity contribution is 7.12. The van der Waals surface area contributed by atoms with Crippen molar-refractivity contribution in [2.24, 2.45) is 0 Å². The Bertz CT molecular complexity index is 350. The standard InChI is InChI=1S/C13H19NOS/c1-13(2,14-8-4-3-5-9-14)12(15)11-7-6-10-16-11/h6-7,10H,3-5,8-9H2,1-2H3. The maximum absolute atomic E-state index is 12.4. The Morgan fingerprint density at radius 3 is 2.56 bits per heavy atom. The summed E-state index contributed by atoms with van der Waals surface area (Å²) >= 11 is 1.55. The minimum absolute atomic E-state index is 0.268. The van der Waals surface area contributed by atoms with Crippen molar-refractivity contribution in [2.45, 2.75) is 38.6 Å². The van der Waals surface area contributed by atoms with E-state index in [1.54, 1.807) is 11.3 Å². The van der Waals surface area contributed by atoms with Gasteiger partial charge >= 0.3 is 0 Å². The van der Waals surface area contributed by atoms with Crippen LogP contribution in [0.2, 0.25) is 0 Å². The molecule has 0 bridgehead atoms. The fourth-order valence-electron chi connectivity index (χ4n) is 2.31. The van der Waals surface area contributed by atoms with Crippen molar-refractivity contribution in [3.63, 3.8) is 0 Å². The lowest BCUT2D eigenvalue weighted by molar-refractivity contribution is 0.0583. The SMILES string of the molecule is CC(C)(C(=O)c1cccs1)N1CCCCC1. The number of Topliss-reactive ketones (excluding diaryl/α,β-unsaturated/α-hetero) is 1. The van der Waals surface area contributed by atoms with Crippen molar-refractivity contribution in [3.05, 3.63) is 22.4 Å². The van der Waals surface area contributed by atoms with Crippen LogP contribution < -0.4 is 0 Å². The van der Waals surface area contributed by atoms with Gasteiger partial charge in [0.25, 0.3) is 0 Å². The van der Waals surface area contributed by atoms with E-state index in [-0.39, 0.29) is 11.3 Å². The van der Waals surface area contributed by atoms with Crippen LogP contribution in [0.1, 0.15) is 42.8 Å². The molecule has 0 radical (unpaired) electrons. The van der Waals surface area contributed by atoms with Crippen LogP contribution in [-0.4, -0.2) is 29.3 Å². The van der Waals surface area contributed by atoms with Crippen LogP contribution in [0, 0.1) is 0 Å². The zero-order chi connectivity index (χ0) is 11.6. The highest BCUT2D eigenvalue weighted by atomic mass is 32.1. The first-order chi connectivity index (χ1) is 7.62. The normalized spacial score (nSPS) is 18.6. The van der Waals surface area contributed by atoms with Gasteiger partial charge in [-0.05, 0) is 51.2 Å². The number of hydrogen-bond donors (Lipinski definition) is 0. The van der Waals surface area contributed by atoms with E-state index in [0.717, 1.165) is 18.0 Å². The molecule has 0 spiro atoms. The molecule has 1 aliphatic rings. The summed E-state index contributed by atoms with van der Waals surface area (Å²) in [6.07, 6.45) is 3.75.